The second-order valence-electron chi connectivity index (χ2n) is 5.24. The van der Waals surface area contributed by atoms with Crippen LogP contribution in [-0.4, -0.2) is 41.1 Å². The van der Waals surface area contributed by atoms with Crippen LogP contribution in [0, 0.1) is 17.0 Å². The standard InChI is InChI=1S/C16H17BrN2O6/c1-9-13(10-4-6-11(7-5-10)19(22)23)14(17)15(16(20)21)18(9)8-12(24-2)25-3/h4-7,12H,8H2,1-3H3,(H,20,21). The Morgan fingerprint density at radius 1 is 1.32 bits per heavy atom. The molecule has 134 valence electrons. The SMILES string of the molecule is COC(Cn1c(C)c(-c2ccc([N+](=O)[O-])cc2)c(Br)c1C(=O)O)OC. The molecule has 0 aliphatic carbocycles. The molecule has 0 radical (unpaired) electrons. The third kappa shape index (κ3) is 3.73. The van der Waals surface area contributed by atoms with Gasteiger partial charge in [-0.1, -0.05) is 0 Å². The quantitative estimate of drug-likeness (QED) is 0.424. The first kappa shape index (κ1) is 19.1. The Labute approximate surface area is 152 Å². The van der Waals surface area contributed by atoms with E-state index in [0.717, 1.165) is 0 Å². The van der Waals surface area contributed by atoms with E-state index in [0.29, 0.717) is 21.3 Å². The topological polar surface area (TPSA) is 104 Å². The molecule has 0 spiro atoms. The maximum atomic E-state index is 11.7. The van der Waals surface area contributed by atoms with Gasteiger partial charge in [-0.25, -0.2) is 4.79 Å². The summed E-state index contributed by atoms with van der Waals surface area (Å²) in [6.45, 7) is 1.96. The Bertz CT molecular complexity index is 796. The van der Waals surface area contributed by atoms with Crippen LogP contribution in [0.4, 0.5) is 5.69 Å². The summed E-state index contributed by atoms with van der Waals surface area (Å²) in [7, 11) is 2.94. The monoisotopic (exact) mass is 412 g/mol. The van der Waals surface area contributed by atoms with E-state index in [1.807, 2.05) is 0 Å². The second kappa shape index (κ2) is 7.77. The summed E-state index contributed by atoms with van der Waals surface area (Å²) in [6, 6.07) is 5.94. The first-order valence-electron chi connectivity index (χ1n) is 7.24. The van der Waals surface area contributed by atoms with Gasteiger partial charge in [0.15, 0.2) is 6.29 Å². The molecule has 1 aromatic heterocycles. The highest BCUT2D eigenvalue weighted by Gasteiger charge is 2.26. The fraction of sp³-hybridized carbons (Fsp3) is 0.312. The van der Waals surface area contributed by atoms with Crippen molar-refractivity contribution < 1.29 is 24.3 Å². The van der Waals surface area contributed by atoms with E-state index >= 15 is 0 Å². The molecule has 2 aromatic rings. The zero-order valence-electron chi connectivity index (χ0n) is 13.9. The summed E-state index contributed by atoms with van der Waals surface area (Å²) in [5.74, 6) is -1.10. The molecule has 0 unspecified atom stereocenters. The lowest BCUT2D eigenvalue weighted by atomic mass is 10.1. The van der Waals surface area contributed by atoms with Gasteiger partial charge in [0.25, 0.3) is 5.69 Å². The van der Waals surface area contributed by atoms with Gasteiger partial charge in [0.2, 0.25) is 0 Å². The van der Waals surface area contributed by atoms with Crippen LogP contribution in [-0.2, 0) is 16.0 Å². The predicted octanol–water partition coefficient (Wildman–Crippen LogP) is 3.45. The average Bonchev–Trinajstić information content (AvgIpc) is 2.82. The molecule has 0 saturated heterocycles. The minimum absolute atomic E-state index is 0.0331. The van der Waals surface area contributed by atoms with Gasteiger partial charge >= 0.3 is 5.97 Å². The first-order chi connectivity index (χ1) is 11.8. The van der Waals surface area contributed by atoms with Gasteiger partial charge in [0, 0.05) is 37.6 Å². The van der Waals surface area contributed by atoms with Gasteiger partial charge in [-0.2, -0.15) is 0 Å². The highest BCUT2D eigenvalue weighted by atomic mass is 79.9. The van der Waals surface area contributed by atoms with Crippen molar-refractivity contribution in [1.82, 2.24) is 4.57 Å². The van der Waals surface area contributed by atoms with Gasteiger partial charge < -0.3 is 19.1 Å². The van der Waals surface area contributed by atoms with E-state index < -0.39 is 17.2 Å². The molecule has 8 nitrogen and oxygen atoms in total. The molecule has 1 heterocycles. The Hall–Kier alpha value is -2.23. The normalized spacial score (nSPS) is 11.1. The Balaban J connectivity index is 2.59. The van der Waals surface area contributed by atoms with E-state index in [2.05, 4.69) is 15.9 Å². The van der Waals surface area contributed by atoms with Crippen LogP contribution >= 0.6 is 15.9 Å². The first-order valence-corrected chi connectivity index (χ1v) is 8.03. The van der Waals surface area contributed by atoms with E-state index in [1.54, 1.807) is 23.6 Å². The summed E-state index contributed by atoms with van der Waals surface area (Å²) in [5.41, 5.74) is 2.03. The summed E-state index contributed by atoms with van der Waals surface area (Å²) < 4.78 is 12.3. The van der Waals surface area contributed by atoms with Crippen LogP contribution in [0.5, 0.6) is 0 Å². The number of carbonyl (C=O) groups is 1. The van der Waals surface area contributed by atoms with Crippen molar-refractivity contribution in [2.75, 3.05) is 14.2 Å². The number of methoxy groups -OCH3 is 2. The van der Waals surface area contributed by atoms with Gasteiger partial charge in [0.1, 0.15) is 5.69 Å². The number of aromatic nitrogens is 1. The summed E-state index contributed by atoms with van der Waals surface area (Å²) >= 11 is 3.35. The summed E-state index contributed by atoms with van der Waals surface area (Å²) in [6.07, 6.45) is -0.610. The largest absolute Gasteiger partial charge is 0.477 e. The highest BCUT2D eigenvalue weighted by Crippen LogP contribution is 2.37. The Morgan fingerprint density at radius 3 is 2.32 bits per heavy atom. The number of carboxylic acid groups (broad SMARTS) is 1. The number of aromatic carboxylic acids is 1. The number of carboxylic acids is 1. The average molecular weight is 413 g/mol. The van der Waals surface area contributed by atoms with Gasteiger partial charge in [-0.05, 0) is 40.5 Å². The number of benzene rings is 1. The van der Waals surface area contributed by atoms with Crippen LogP contribution in [0.2, 0.25) is 0 Å². The number of hydrogen-bond acceptors (Lipinski definition) is 5. The number of nitro benzene ring substituents is 1. The lowest BCUT2D eigenvalue weighted by molar-refractivity contribution is -0.384. The van der Waals surface area contributed by atoms with Crippen LogP contribution in [0.25, 0.3) is 11.1 Å². The van der Waals surface area contributed by atoms with Gasteiger partial charge in [-0.3, -0.25) is 10.1 Å². The zero-order valence-corrected chi connectivity index (χ0v) is 15.4. The fourth-order valence-corrected chi connectivity index (χ4v) is 3.52. The molecular formula is C16H17BrN2O6. The fourth-order valence-electron chi connectivity index (χ4n) is 2.62. The molecule has 0 aliphatic rings. The van der Waals surface area contributed by atoms with E-state index in [1.165, 1.54) is 26.4 Å². The van der Waals surface area contributed by atoms with E-state index in [4.69, 9.17) is 9.47 Å². The number of halogens is 1. The molecule has 25 heavy (non-hydrogen) atoms. The maximum Gasteiger partial charge on any atom is 0.353 e. The van der Waals surface area contributed by atoms with Crippen molar-refractivity contribution >= 4 is 27.6 Å². The number of nitro groups is 1. The third-order valence-corrected chi connectivity index (χ3v) is 4.66. The molecule has 0 amide bonds. The lowest BCUT2D eigenvalue weighted by Crippen LogP contribution is -2.23. The van der Waals surface area contributed by atoms with Crippen molar-refractivity contribution in [2.24, 2.45) is 0 Å². The Morgan fingerprint density at radius 2 is 1.88 bits per heavy atom. The number of rotatable bonds is 7. The van der Waals surface area contributed by atoms with E-state index in [9.17, 15) is 20.0 Å². The molecular weight excluding hydrogens is 396 g/mol. The molecule has 0 saturated carbocycles. The van der Waals surface area contributed by atoms with Crippen molar-refractivity contribution in [2.45, 2.75) is 19.8 Å². The Kier molecular flexibility index (Phi) is 5.93. The van der Waals surface area contributed by atoms with Crippen molar-refractivity contribution in [1.29, 1.82) is 0 Å². The maximum absolute atomic E-state index is 11.7. The molecule has 0 aliphatic heterocycles. The minimum atomic E-state index is -1.10. The summed E-state index contributed by atoms with van der Waals surface area (Å²) in [5, 5.41) is 20.4. The lowest BCUT2D eigenvalue weighted by Gasteiger charge is -2.17. The van der Waals surface area contributed by atoms with Crippen molar-refractivity contribution in [3.05, 3.63) is 50.2 Å². The number of hydrogen-bond donors (Lipinski definition) is 1. The van der Waals surface area contributed by atoms with Gasteiger partial charge in [-0.15, -0.1) is 0 Å². The molecule has 1 aromatic carbocycles. The van der Waals surface area contributed by atoms with Crippen LogP contribution in [0.15, 0.2) is 28.7 Å². The number of non-ortho nitro benzene ring substituents is 1. The van der Waals surface area contributed by atoms with Crippen molar-refractivity contribution in [3.8, 4) is 11.1 Å². The van der Waals surface area contributed by atoms with Crippen LogP contribution in [0.1, 0.15) is 16.2 Å². The van der Waals surface area contributed by atoms with Crippen LogP contribution < -0.4 is 0 Å². The van der Waals surface area contributed by atoms with Gasteiger partial charge in [0.05, 0.1) is 15.9 Å². The number of ether oxygens (including phenoxy) is 2. The molecule has 0 fully saturated rings. The molecule has 9 heteroatoms. The van der Waals surface area contributed by atoms with Crippen molar-refractivity contribution in [3.63, 3.8) is 0 Å². The smallest absolute Gasteiger partial charge is 0.353 e. The van der Waals surface area contributed by atoms with E-state index in [-0.39, 0.29) is 17.9 Å². The second-order valence-corrected chi connectivity index (χ2v) is 6.04. The third-order valence-electron chi connectivity index (χ3n) is 3.89. The molecule has 0 bridgehead atoms. The highest BCUT2D eigenvalue weighted by molar-refractivity contribution is 9.10. The predicted molar refractivity (Wildman–Crippen MR) is 93.7 cm³/mol. The molecule has 1 N–H and O–H groups in total. The van der Waals surface area contributed by atoms with Crippen LogP contribution in [0.3, 0.4) is 0 Å². The summed E-state index contributed by atoms with van der Waals surface area (Å²) in [4.78, 5) is 22.0. The molecule has 0 atom stereocenters. The molecule has 2 rings (SSSR count). The number of nitrogens with zero attached hydrogens (tertiary/aromatic N) is 2. The minimum Gasteiger partial charge on any atom is -0.477 e. The zero-order chi connectivity index (χ0) is 18.7.